The van der Waals surface area contributed by atoms with E-state index in [0.29, 0.717) is 5.56 Å². The molecule has 2 aromatic carbocycles. The molecule has 0 aliphatic heterocycles. The van der Waals surface area contributed by atoms with Crippen LogP contribution in [-0.4, -0.2) is 0 Å². The summed E-state index contributed by atoms with van der Waals surface area (Å²) in [4.78, 5) is 0. The van der Waals surface area contributed by atoms with E-state index in [1.165, 1.54) is 6.07 Å². The fourth-order valence-corrected chi connectivity index (χ4v) is 2.64. The molecular formula is C15H13BrClF. The number of halogens is 3. The highest BCUT2D eigenvalue weighted by molar-refractivity contribution is 9.10. The Balaban J connectivity index is 2.44. The van der Waals surface area contributed by atoms with Gasteiger partial charge in [0, 0.05) is 4.47 Å². The maximum absolute atomic E-state index is 13.3. The lowest BCUT2D eigenvalue weighted by Gasteiger charge is -2.14. The molecule has 2 aromatic rings. The second-order valence-electron chi connectivity index (χ2n) is 4.37. The van der Waals surface area contributed by atoms with Crippen LogP contribution in [0.5, 0.6) is 0 Å². The van der Waals surface area contributed by atoms with Crippen LogP contribution in [0.15, 0.2) is 40.9 Å². The Morgan fingerprint density at radius 1 is 1.06 bits per heavy atom. The van der Waals surface area contributed by atoms with E-state index < -0.39 is 0 Å². The third-order valence-electron chi connectivity index (χ3n) is 2.99. The standard InChI is InChI=1S/C15H13BrClF/c1-9-3-5-12(16)8-13(9)15(17)11-4-6-14(18)10(2)7-11/h3-8,15H,1-2H3. The van der Waals surface area contributed by atoms with Crippen molar-refractivity contribution in [1.29, 1.82) is 0 Å². The van der Waals surface area contributed by atoms with Gasteiger partial charge in [-0.15, -0.1) is 11.6 Å². The van der Waals surface area contributed by atoms with Gasteiger partial charge in [-0.3, -0.25) is 0 Å². The molecule has 0 aliphatic rings. The molecule has 18 heavy (non-hydrogen) atoms. The fourth-order valence-electron chi connectivity index (χ4n) is 1.89. The molecule has 0 heterocycles. The molecule has 0 radical (unpaired) electrons. The van der Waals surface area contributed by atoms with Crippen LogP contribution in [0.4, 0.5) is 4.39 Å². The Labute approximate surface area is 120 Å². The minimum atomic E-state index is -0.262. The van der Waals surface area contributed by atoms with Crippen molar-refractivity contribution in [2.45, 2.75) is 19.2 Å². The maximum Gasteiger partial charge on any atom is 0.126 e. The van der Waals surface area contributed by atoms with E-state index in [2.05, 4.69) is 15.9 Å². The molecule has 1 atom stereocenters. The number of alkyl halides is 1. The van der Waals surface area contributed by atoms with Gasteiger partial charge in [0.05, 0.1) is 5.38 Å². The van der Waals surface area contributed by atoms with Crippen LogP contribution < -0.4 is 0 Å². The number of aryl methyl sites for hydroxylation is 2. The van der Waals surface area contributed by atoms with Crippen molar-refractivity contribution in [2.24, 2.45) is 0 Å². The summed E-state index contributed by atoms with van der Waals surface area (Å²) in [5.41, 5.74) is 3.69. The Hall–Kier alpha value is -0.860. The maximum atomic E-state index is 13.3. The van der Waals surface area contributed by atoms with E-state index in [4.69, 9.17) is 11.6 Å². The Bertz CT molecular complexity index is 581. The molecule has 0 bridgehead atoms. The van der Waals surface area contributed by atoms with Gasteiger partial charge in [0.15, 0.2) is 0 Å². The fraction of sp³-hybridized carbons (Fsp3) is 0.200. The number of benzene rings is 2. The lowest BCUT2D eigenvalue weighted by atomic mass is 9.99. The van der Waals surface area contributed by atoms with Crippen LogP contribution in [0.3, 0.4) is 0 Å². The molecule has 0 fully saturated rings. The zero-order valence-electron chi connectivity index (χ0n) is 10.2. The van der Waals surface area contributed by atoms with Gasteiger partial charge in [-0.25, -0.2) is 4.39 Å². The zero-order valence-corrected chi connectivity index (χ0v) is 12.5. The molecule has 94 valence electrons. The van der Waals surface area contributed by atoms with Crippen molar-refractivity contribution in [2.75, 3.05) is 0 Å². The third-order valence-corrected chi connectivity index (χ3v) is 3.97. The molecule has 3 heteroatoms. The largest absolute Gasteiger partial charge is 0.207 e. The second-order valence-corrected chi connectivity index (χ2v) is 5.72. The molecule has 1 unspecified atom stereocenters. The van der Waals surface area contributed by atoms with E-state index in [1.807, 2.05) is 25.1 Å². The van der Waals surface area contributed by atoms with Crippen LogP contribution in [0.1, 0.15) is 27.6 Å². The normalized spacial score (nSPS) is 12.5. The van der Waals surface area contributed by atoms with Gasteiger partial charge in [0.25, 0.3) is 0 Å². The summed E-state index contributed by atoms with van der Waals surface area (Å²) in [5.74, 6) is -0.200. The van der Waals surface area contributed by atoms with Crippen molar-refractivity contribution in [3.8, 4) is 0 Å². The number of rotatable bonds is 2. The van der Waals surface area contributed by atoms with Crippen molar-refractivity contribution in [1.82, 2.24) is 0 Å². The minimum Gasteiger partial charge on any atom is -0.207 e. The summed E-state index contributed by atoms with van der Waals surface area (Å²) < 4.78 is 14.3. The molecule has 0 nitrogen and oxygen atoms in total. The summed E-state index contributed by atoms with van der Waals surface area (Å²) >= 11 is 9.93. The van der Waals surface area contributed by atoms with E-state index >= 15 is 0 Å². The molecule has 0 aliphatic carbocycles. The van der Waals surface area contributed by atoms with Crippen molar-refractivity contribution < 1.29 is 4.39 Å². The second kappa shape index (κ2) is 5.41. The predicted molar refractivity (Wildman–Crippen MR) is 77.7 cm³/mol. The average molecular weight is 328 g/mol. The summed E-state index contributed by atoms with van der Waals surface area (Å²) in [5, 5.41) is -0.262. The van der Waals surface area contributed by atoms with Gasteiger partial charge in [-0.05, 0) is 54.3 Å². The highest BCUT2D eigenvalue weighted by atomic mass is 79.9. The highest BCUT2D eigenvalue weighted by Gasteiger charge is 2.14. The quantitative estimate of drug-likeness (QED) is 0.636. The molecule has 0 amide bonds. The van der Waals surface area contributed by atoms with Gasteiger partial charge in [0.1, 0.15) is 5.82 Å². The number of hydrogen-bond donors (Lipinski definition) is 0. The van der Waals surface area contributed by atoms with Gasteiger partial charge in [-0.2, -0.15) is 0 Å². The van der Waals surface area contributed by atoms with Gasteiger partial charge in [-0.1, -0.05) is 34.1 Å². The van der Waals surface area contributed by atoms with E-state index in [9.17, 15) is 4.39 Å². The van der Waals surface area contributed by atoms with Crippen LogP contribution in [0.25, 0.3) is 0 Å². The zero-order chi connectivity index (χ0) is 13.3. The topological polar surface area (TPSA) is 0 Å². The van der Waals surface area contributed by atoms with Crippen LogP contribution in [0, 0.1) is 19.7 Å². The molecule has 0 N–H and O–H groups in total. The van der Waals surface area contributed by atoms with Crippen LogP contribution >= 0.6 is 27.5 Å². The predicted octanol–water partition coefficient (Wildman–Crippen LogP) is 5.53. The Kier molecular flexibility index (Phi) is 4.08. The molecule has 0 saturated heterocycles. The molecule has 0 spiro atoms. The monoisotopic (exact) mass is 326 g/mol. The van der Waals surface area contributed by atoms with Crippen molar-refractivity contribution in [3.63, 3.8) is 0 Å². The van der Waals surface area contributed by atoms with Crippen molar-refractivity contribution in [3.05, 3.63) is 68.9 Å². The average Bonchev–Trinajstić information content (AvgIpc) is 2.35. The summed E-state index contributed by atoms with van der Waals surface area (Å²) in [7, 11) is 0. The first-order valence-corrected chi connectivity index (χ1v) is 6.88. The van der Waals surface area contributed by atoms with Crippen LogP contribution in [-0.2, 0) is 0 Å². The lowest BCUT2D eigenvalue weighted by molar-refractivity contribution is 0.617. The SMILES string of the molecule is Cc1cc(C(Cl)c2cc(Br)ccc2C)ccc1F. The highest BCUT2D eigenvalue weighted by Crippen LogP contribution is 2.33. The van der Waals surface area contributed by atoms with Gasteiger partial charge in [0.2, 0.25) is 0 Å². The minimum absolute atomic E-state index is 0.200. The molecule has 2 rings (SSSR count). The summed E-state index contributed by atoms with van der Waals surface area (Å²) in [6.45, 7) is 3.77. The number of hydrogen-bond acceptors (Lipinski definition) is 0. The lowest BCUT2D eigenvalue weighted by Crippen LogP contribution is -1.98. The smallest absolute Gasteiger partial charge is 0.126 e. The summed E-state index contributed by atoms with van der Waals surface area (Å²) in [6.07, 6.45) is 0. The Morgan fingerprint density at radius 3 is 2.44 bits per heavy atom. The Morgan fingerprint density at radius 2 is 1.78 bits per heavy atom. The third kappa shape index (κ3) is 2.76. The van der Waals surface area contributed by atoms with E-state index in [1.54, 1.807) is 19.1 Å². The van der Waals surface area contributed by atoms with Crippen LogP contribution in [0.2, 0.25) is 0 Å². The first-order chi connectivity index (χ1) is 8.49. The van der Waals surface area contributed by atoms with Gasteiger partial charge >= 0.3 is 0 Å². The summed E-state index contributed by atoms with van der Waals surface area (Å²) in [6, 6.07) is 11.0. The van der Waals surface area contributed by atoms with Gasteiger partial charge < -0.3 is 0 Å². The first-order valence-electron chi connectivity index (χ1n) is 5.65. The first kappa shape index (κ1) is 13.6. The van der Waals surface area contributed by atoms with E-state index in [0.717, 1.165) is 21.2 Å². The molecule has 0 aromatic heterocycles. The van der Waals surface area contributed by atoms with Crippen molar-refractivity contribution >= 4 is 27.5 Å². The molecule has 0 saturated carbocycles. The molecular weight excluding hydrogens is 315 g/mol. The van der Waals surface area contributed by atoms with E-state index in [-0.39, 0.29) is 11.2 Å².